The lowest BCUT2D eigenvalue weighted by Gasteiger charge is -2.10. The van der Waals surface area contributed by atoms with Crippen LogP contribution in [0.1, 0.15) is 0 Å². The highest BCUT2D eigenvalue weighted by molar-refractivity contribution is 8.00. The number of halogens is 5. The summed E-state index contributed by atoms with van der Waals surface area (Å²) in [6.07, 6.45) is 0. The van der Waals surface area contributed by atoms with Crippen molar-refractivity contribution in [3.05, 3.63) is 53.4 Å². The minimum Gasteiger partial charge on any atom is -0.324 e. The SMILES string of the molecule is N#CCSc1ccccc1NC(=O)CSc1c(F)c(F)c(F)c(F)c1F. The second-order valence-corrected chi connectivity index (χ2v) is 6.68. The van der Waals surface area contributed by atoms with Gasteiger partial charge in [-0.3, -0.25) is 4.79 Å². The molecule has 136 valence electrons. The normalized spacial score (nSPS) is 10.5. The Morgan fingerprint density at radius 3 is 2.15 bits per heavy atom. The van der Waals surface area contributed by atoms with Gasteiger partial charge in [-0.05, 0) is 12.1 Å². The Morgan fingerprint density at radius 2 is 1.54 bits per heavy atom. The molecule has 1 N–H and O–H groups in total. The average Bonchev–Trinajstić information content (AvgIpc) is 2.64. The maximum Gasteiger partial charge on any atom is 0.234 e. The van der Waals surface area contributed by atoms with Crippen molar-refractivity contribution in [2.75, 3.05) is 16.8 Å². The van der Waals surface area contributed by atoms with Crippen LogP contribution in [0.4, 0.5) is 27.6 Å². The first-order chi connectivity index (χ1) is 12.4. The summed E-state index contributed by atoms with van der Waals surface area (Å²) in [5.41, 5.74) is 0.371. The van der Waals surface area contributed by atoms with Crippen LogP contribution in [0.5, 0.6) is 0 Å². The van der Waals surface area contributed by atoms with E-state index in [1.54, 1.807) is 24.3 Å². The summed E-state index contributed by atoms with van der Waals surface area (Å²) in [5.74, 6) is -11.5. The van der Waals surface area contributed by atoms with E-state index in [9.17, 15) is 26.7 Å². The van der Waals surface area contributed by atoms with Gasteiger partial charge in [-0.1, -0.05) is 12.1 Å². The minimum absolute atomic E-state index is 0.145. The number of hydrogen-bond acceptors (Lipinski definition) is 4. The molecule has 0 saturated heterocycles. The van der Waals surface area contributed by atoms with Crippen molar-refractivity contribution in [2.45, 2.75) is 9.79 Å². The van der Waals surface area contributed by atoms with Crippen molar-refractivity contribution in [2.24, 2.45) is 0 Å². The van der Waals surface area contributed by atoms with Crippen molar-refractivity contribution in [3.63, 3.8) is 0 Å². The number of amides is 1. The Morgan fingerprint density at radius 1 is 0.962 bits per heavy atom. The number of nitrogens with one attached hydrogen (secondary N) is 1. The Balaban J connectivity index is 2.11. The monoisotopic (exact) mass is 404 g/mol. The second-order valence-electron chi connectivity index (χ2n) is 4.68. The largest absolute Gasteiger partial charge is 0.324 e. The summed E-state index contributed by atoms with van der Waals surface area (Å²) >= 11 is 1.36. The maximum atomic E-state index is 13.6. The summed E-state index contributed by atoms with van der Waals surface area (Å²) in [5, 5.41) is 11.1. The molecule has 2 rings (SSSR count). The highest BCUT2D eigenvalue weighted by Crippen LogP contribution is 2.31. The van der Waals surface area contributed by atoms with Crippen LogP contribution in [0, 0.1) is 40.4 Å². The van der Waals surface area contributed by atoms with Gasteiger partial charge in [0.25, 0.3) is 0 Å². The van der Waals surface area contributed by atoms with Crippen molar-refractivity contribution in [3.8, 4) is 6.07 Å². The molecule has 0 atom stereocenters. The van der Waals surface area contributed by atoms with E-state index in [1.807, 2.05) is 6.07 Å². The summed E-state index contributed by atoms with van der Waals surface area (Å²) in [6, 6.07) is 8.47. The van der Waals surface area contributed by atoms with Crippen molar-refractivity contribution in [1.29, 1.82) is 5.26 Å². The molecule has 3 nitrogen and oxygen atoms in total. The number of anilines is 1. The number of nitriles is 1. The highest BCUT2D eigenvalue weighted by Gasteiger charge is 2.26. The summed E-state index contributed by atoms with van der Waals surface area (Å²) in [6.45, 7) is 0. The number of carbonyl (C=O) groups is 1. The van der Waals surface area contributed by atoms with E-state index in [2.05, 4.69) is 5.32 Å². The third-order valence-corrected chi connectivity index (χ3v) is 4.96. The van der Waals surface area contributed by atoms with Gasteiger partial charge in [-0.25, -0.2) is 22.0 Å². The number of benzene rings is 2. The standard InChI is InChI=1S/C16H9F5N2OS2/c17-11-12(18)14(20)16(15(21)13(11)19)26-7-10(24)23-8-3-1-2-4-9(8)25-6-5-22/h1-4H,6-7H2,(H,23,24). The molecule has 0 bridgehead atoms. The Labute approximate surface area is 153 Å². The van der Waals surface area contributed by atoms with E-state index < -0.39 is 45.6 Å². The lowest BCUT2D eigenvalue weighted by molar-refractivity contribution is -0.113. The van der Waals surface area contributed by atoms with Gasteiger partial charge in [0.05, 0.1) is 28.2 Å². The molecular weight excluding hydrogens is 395 g/mol. The summed E-state index contributed by atoms with van der Waals surface area (Å²) in [7, 11) is 0. The predicted octanol–water partition coefficient (Wildman–Crippen LogP) is 4.73. The lowest BCUT2D eigenvalue weighted by atomic mass is 10.3. The van der Waals surface area contributed by atoms with Crippen LogP contribution >= 0.6 is 23.5 Å². The molecule has 2 aromatic carbocycles. The first-order valence-corrected chi connectivity index (χ1v) is 8.86. The smallest absolute Gasteiger partial charge is 0.234 e. The third kappa shape index (κ3) is 4.47. The fraction of sp³-hybridized carbons (Fsp3) is 0.125. The number of hydrogen-bond donors (Lipinski definition) is 1. The van der Waals surface area contributed by atoms with Gasteiger partial charge in [0.1, 0.15) is 0 Å². The summed E-state index contributed by atoms with van der Waals surface area (Å²) < 4.78 is 66.4. The Bertz CT molecular complexity index is 857. The van der Waals surface area contributed by atoms with Gasteiger partial charge >= 0.3 is 0 Å². The molecule has 0 unspecified atom stereocenters. The van der Waals surface area contributed by atoms with Crippen LogP contribution in [-0.2, 0) is 4.79 Å². The molecule has 0 aliphatic carbocycles. The lowest BCUT2D eigenvalue weighted by Crippen LogP contribution is -2.15. The number of thioether (sulfide) groups is 2. The molecule has 0 saturated carbocycles. The van der Waals surface area contributed by atoms with Crippen LogP contribution < -0.4 is 5.32 Å². The average molecular weight is 404 g/mol. The van der Waals surface area contributed by atoms with Crippen LogP contribution in [0.15, 0.2) is 34.1 Å². The van der Waals surface area contributed by atoms with Crippen LogP contribution in [0.2, 0.25) is 0 Å². The van der Waals surface area contributed by atoms with Gasteiger partial charge in [-0.15, -0.1) is 23.5 Å². The van der Waals surface area contributed by atoms with Gasteiger partial charge in [-0.2, -0.15) is 5.26 Å². The van der Waals surface area contributed by atoms with E-state index in [4.69, 9.17) is 5.26 Å². The predicted molar refractivity (Wildman–Crippen MR) is 88.4 cm³/mol. The van der Waals surface area contributed by atoms with Gasteiger partial charge < -0.3 is 5.32 Å². The second kappa shape index (κ2) is 8.91. The molecule has 0 fully saturated rings. The van der Waals surface area contributed by atoms with E-state index in [-0.39, 0.29) is 17.5 Å². The number of para-hydroxylation sites is 1. The molecule has 26 heavy (non-hydrogen) atoms. The van der Waals surface area contributed by atoms with Crippen LogP contribution in [0.3, 0.4) is 0 Å². The fourth-order valence-electron chi connectivity index (χ4n) is 1.84. The number of carbonyl (C=O) groups excluding carboxylic acids is 1. The molecule has 10 heteroatoms. The molecule has 0 spiro atoms. The van der Waals surface area contributed by atoms with E-state index in [0.717, 1.165) is 0 Å². The van der Waals surface area contributed by atoms with Crippen molar-refractivity contribution < 1.29 is 26.7 Å². The number of rotatable bonds is 6. The van der Waals surface area contributed by atoms with E-state index in [1.165, 1.54) is 11.8 Å². The van der Waals surface area contributed by atoms with E-state index in [0.29, 0.717) is 10.6 Å². The van der Waals surface area contributed by atoms with Crippen LogP contribution in [-0.4, -0.2) is 17.4 Å². The van der Waals surface area contributed by atoms with Gasteiger partial charge in [0, 0.05) is 4.90 Å². The van der Waals surface area contributed by atoms with Gasteiger partial charge in [0.15, 0.2) is 23.3 Å². The molecule has 1 amide bonds. The third-order valence-electron chi connectivity index (χ3n) is 2.97. The van der Waals surface area contributed by atoms with Crippen molar-refractivity contribution in [1.82, 2.24) is 0 Å². The zero-order chi connectivity index (χ0) is 19.3. The summed E-state index contributed by atoms with van der Waals surface area (Å²) in [4.78, 5) is 11.4. The van der Waals surface area contributed by atoms with E-state index >= 15 is 0 Å². The zero-order valence-electron chi connectivity index (χ0n) is 12.8. The van der Waals surface area contributed by atoms with Gasteiger partial charge in [0.2, 0.25) is 11.7 Å². The Hall–Kier alpha value is -2.25. The molecule has 0 aliphatic rings. The molecule has 0 aliphatic heterocycles. The molecule has 0 heterocycles. The molecular formula is C16H9F5N2OS2. The quantitative estimate of drug-likeness (QED) is 0.327. The molecule has 2 aromatic rings. The first-order valence-electron chi connectivity index (χ1n) is 6.89. The maximum absolute atomic E-state index is 13.6. The fourth-order valence-corrected chi connectivity index (χ4v) is 3.29. The van der Waals surface area contributed by atoms with Crippen LogP contribution in [0.25, 0.3) is 0 Å². The molecule has 0 radical (unpaired) electrons. The number of nitrogens with zero attached hydrogens (tertiary/aromatic N) is 1. The molecule has 0 aromatic heterocycles. The highest BCUT2D eigenvalue weighted by atomic mass is 32.2. The topological polar surface area (TPSA) is 52.9 Å². The first kappa shape index (κ1) is 20.1. The Kier molecular flexibility index (Phi) is 6.88. The zero-order valence-corrected chi connectivity index (χ0v) is 14.4. The minimum atomic E-state index is -2.25. The van der Waals surface area contributed by atoms with Crippen molar-refractivity contribution >= 4 is 35.1 Å².